The molecule has 0 fully saturated rings. The number of amides is 1. The quantitative estimate of drug-likeness (QED) is 0.845. The highest BCUT2D eigenvalue weighted by Gasteiger charge is 2.17. The van der Waals surface area contributed by atoms with Crippen molar-refractivity contribution in [1.82, 2.24) is 4.98 Å². The second kappa shape index (κ2) is 5.65. The number of hydrogen-bond donors (Lipinski definition) is 1. The van der Waals surface area contributed by atoms with Crippen LogP contribution in [0.3, 0.4) is 0 Å². The molecule has 2 heterocycles. The molecule has 98 valence electrons. The first kappa shape index (κ1) is 13.3. The first-order chi connectivity index (χ1) is 9.22. The van der Waals surface area contributed by atoms with Gasteiger partial charge in [-0.1, -0.05) is 19.9 Å². The number of anilines is 1. The Balaban J connectivity index is 0.000000637. The zero-order chi connectivity index (χ0) is 13.8. The highest BCUT2D eigenvalue weighted by Crippen LogP contribution is 2.28. The SMILES string of the molecule is CC.Cc1ccnc(-c2ccc3c(c2)CC(=O)N3)c1. The molecule has 1 aliphatic heterocycles. The molecule has 3 rings (SSSR count). The zero-order valence-electron chi connectivity index (χ0n) is 11.5. The van der Waals surface area contributed by atoms with Crippen LogP contribution in [0.25, 0.3) is 11.3 Å². The lowest BCUT2D eigenvalue weighted by Crippen LogP contribution is -2.03. The number of benzene rings is 1. The van der Waals surface area contributed by atoms with Crippen molar-refractivity contribution >= 4 is 11.6 Å². The Kier molecular flexibility index (Phi) is 3.95. The molecule has 2 aromatic rings. The van der Waals surface area contributed by atoms with E-state index in [2.05, 4.69) is 10.3 Å². The Hall–Kier alpha value is -2.16. The molecule has 3 heteroatoms. The van der Waals surface area contributed by atoms with E-state index in [9.17, 15) is 4.79 Å². The van der Waals surface area contributed by atoms with E-state index in [1.807, 2.05) is 51.1 Å². The van der Waals surface area contributed by atoms with Crippen molar-refractivity contribution in [3.05, 3.63) is 47.7 Å². The molecule has 0 aliphatic carbocycles. The van der Waals surface area contributed by atoms with Gasteiger partial charge in [0.2, 0.25) is 5.91 Å². The molecule has 0 unspecified atom stereocenters. The number of aromatic nitrogens is 1. The highest BCUT2D eigenvalue weighted by atomic mass is 16.1. The number of hydrogen-bond acceptors (Lipinski definition) is 2. The number of pyridine rings is 1. The second-order valence-corrected chi connectivity index (χ2v) is 4.32. The van der Waals surface area contributed by atoms with Crippen molar-refractivity contribution < 1.29 is 4.79 Å². The van der Waals surface area contributed by atoms with Crippen molar-refractivity contribution in [3.63, 3.8) is 0 Å². The third-order valence-electron chi connectivity index (χ3n) is 2.94. The molecule has 19 heavy (non-hydrogen) atoms. The summed E-state index contributed by atoms with van der Waals surface area (Å²) in [5.41, 5.74) is 5.17. The molecule has 0 atom stereocenters. The van der Waals surface area contributed by atoms with Crippen molar-refractivity contribution in [2.45, 2.75) is 27.2 Å². The maximum absolute atomic E-state index is 11.3. The Bertz CT molecular complexity index is 605. The van der Waals surface area contributed by atoms with E-state index < -0.39 is 0 Å². The third-order valence-corrected chi connectivity index (χ3v) is 2.94. The largest absolute Gasteiger partial charge is 0.326 e. The van der Waals surface area contributed by atoms with Gasteiger partial charge in [-0.25, -0.2) is 0 Å². The van der Waals surface area contributed by atoms with E-state index in [1.54, 1.807) is 6.20 Å². The number of carbonyl (C=O) groups excluding carboxylic acids is 1. The van der Waals surface area contributed by atoms with Gasteiger partial charge in [-0.3, -0.25) is 9.78 Å². The van der Waals surface area contributed by atoms with Crippen LogP contribution in [0.4, 0.5) is 5.69 Å². The molecule has 0 radical (unpaired) electrons. The van der Waals surface area contributed by atoms with Crippen LogP contribution in [0, 0.1) is 6.92 Å². The lowest BCUT2D eigenvalue weighted by molar-refractivity contribution is -0.115. The third kappa shape index (κ3) is 2.81. The minimum Gasteiger partial charge on any atom is -0.326 e. The van der Waals surface area contributed by atoms with Gasteiger partial charge in [0, 0.05) is 17.4 Å². The van der Waals surface area contributed by atoms with Gasteiger partial charge in [-0.05, 0) is 42.3 Å². The smallest absolute Gasteiger partial charge is 0.228 e. The highest BCUT2D eigenvalue weighted by molar-refractivity contribution is 5.99. The summed E-state index contributed by atoms with van der Waals surface area (Å²) in [4.78, 5) is 15.6. The lowest BCUT2D eigenvalue weighted by Gasteiger charge is -2.04. The van der Waals surface area contributed by atoms with Crippen LogP contribution < -0.4 is 5.32 Å². The summed E-state index contributed by atoms with van der Waals surface area (Å²) < 4.78 is 0. The van der Waals surface area contributed by atoms with Gasteiger partial charge in [-0.2, -0.15) is 0 Å². The van der Waals surface area contributed by atoms with Crippen LogP contribution in [0.15, 0.2) is 36.5 Å². The molecule has 0 spiro atoms. The Morgan fingerprint density at radius 1 is 1.16 bits per heavy atom. The van der Waals surface area contributed by atoms with E-state index in [4.69, 9.17) is 0 Å². The van der Waals surface area contributed by atoms with Crippen molar-refractivity contribution in [3.8, 4) is 11.3 Å². The number of fused-ring (bicyclic) bond motifs is 1. The molecule has 1 aromatic heterocycles. The van der Waals surface area contributed by atoms with Crippen molar-refractivity contribution in [2.75, 3.05) is 5.32 Å². The predicted octanol–water partition coefficient (Wildman–Crippen LogP) is 3.58. The van der Waals surface area contributed by atoms with Gasteiger partial charge < -0.3 is 5.32 Å². The summed E-state index contributed by atoms with van der Waals surface area (Å²) in [6.45, 7) is 6.05. The van der Waals surface area contributed by atoms with Crippen LogP contribution in [0.2, 0.25) is 0 Å². The maximum Gasteiger partial charge on any atom is 0.228 e. The summed E-state index contributed by atoms with van der Waals surface area (Å²) in [6, 6.07) is 9.99. The van der Waals surface area contributed by atoms with E-state index in [-0.39, 0.29) is 5.91 Å². The average molecular weight is 254 g/mol. The summed E-state index contributed by atoms with van der Waals surface area (Å²) in [6.07, 6.45) is 2.27. The molecule has 1 aliphatic rings. The minimum absolute atomic E-state index is 0.0642. The fourth-order valence-corrected chi connectivity index (χ4v) is 2.08. The van der Waals surface area contributed by atoms with E-state index in [0.29, 0.717) is 6.42 Å². The maximum atomic E-state index is 11.3. The molecule has 3 nitrogen and oxygen atoms in total. The number of aryl methyl sites for hydroxylation is 1. The van der Waals surface area contributed by atoms with Crippen LogP contribution >= 0.6 is 0 Å². The summed E-state index contributed by atoms with van der Waals surface area (Å²) in [5, 5.41) is 2.83. The molecule has 1 N–H and O–H groups in total. The summed E-state index contributed by atoms with van der Waals surface area (Å²) in [7, 11) is 0. The van der Waals surface area contributed by atoms with Gasteiger partial charge in [0.1, 0.15) is 0 Å². The number of nitrogens with zero attached hydrogens (tertiary/aromatic N) is 1. The minimum atomic E-state index is 0.0642. The molecular weight excluding hydrogens is 236 g/mol. The van der Waals surface area contributed by atoms with Gasteiger partial charge in [0.05, 0.1) is 12.1 Å². The molecule has 0 saturated carbocycles. The summed E-state index contributed by atoms with van der Waals surface area (Å²) in [5.74, 6) is 0.0642. The topological polar surface area (TPSA) is 42.0 Å². The van der Waals surface area contributed by atoms with E-state index >= 15 is 0 Å². The molecule has 1 aromatic carbocycles. The van der Waals surface area contributed by atoms with Crippen LogP contribution in [-0.2, 0) is 11.2 Å². The Morgan fingerprint density at radius 3 is 2.68 bits per heavy atom. The van der Waals surface area contributed by atoms with Crippen LogP contribution in [0.5, 0.6) is 0 Å². The lowest BCUT2D eigenvalue weighted by atomic mass is 10.0. The van der Waals surface area contributed by atoms with E-state index in [0.717, 1.165) is 22.5 Å². The molecule has 0 bridgehead atoms. The molecule has 1 amide bonds. The molecular formula is C16H18N2O. The monoisotopic (exact) mass is 254 g/mol. The Labute approximate surface area is 113 Å². The first-order valence-corrected chi connectivity index (χ1v) is 6.58. The van der Waals surface area contributed by atoms with E-state index in [1.165, 1.54) is 5.56 Å². The average Bonchev–Trinajstić information content (AvgIpc) is 2.80. The van der Waals surface area contributed by atoms with Gasteiger partial charge >= 0.3 is 0 Å². The molecule has 0 saturated heterocycles. The van der Waals surface area contributed by atoms with Gasteiger partial charge in [-0.15, -0.1) is 0 Å². The number of rotatable bonds is 1. The number of carbonyl (C=O) groups is 1. The zero-order valence-corrected chi connectivity index (χ0v) is 11.5. The van der Waals surface area contributed by atoms with Gasteiger partial charge in [0.15, 0.2) is 0 Å². The Morgan fingerprint density at radius 2 is 1.95 bits per heavy atom. The fraction of sp³-hybridized carbons (Fsp3) is 0.250. The van der Waals surface area contributed by atoms with Crippen molar-refractivity contribution in [1.29, 1.82) is 0 Å². The first-order valence-electron chi connectivity index (χ1n) is 6.58. The van der Waals surface area contributed by atoms with Crippen LogP contribution in [0.1, 0.15) is 25.0 Å². The number of nitrogens with one attached hydrogen (secondary N) is 1. The standard InChI is InChI=1S/C14H12N2O.C2H6/c1-9-4-5-15-13(6-9)10-2-3-12-11(7-10)8-14(17)16-12;1-2/h2-7H,8H2,1H3,(H,16,17);1-2H3. The fourth-order valence-electron chi connectivity index (χ4n) is 2.08. The summed E-state index contributed by atoms with van der Waals surface area (Å²) >= 11 is 0. The normalized spacial score (nSPS) is 12.3. The second-order valence-electron chi connectivity index (χ2n) is 4.32. The van der Waals surface area contributed by atoms with Crippen molar-refractivity contribution in [2.24, 2.45) is 0 Å². The van der Waals surface area contributed by atoms with Crippen LogP contribution in [-0.4, -0.2) is 10.9 Å². The predicted molar refractivity (Wildman–Crippen MR) is 78.1 cm³/mol. The van der Waals surface area contributed by atoms with Gasteiger partial charge in [0.25, 0.3) is 0 Å².